The van der Waals surface area contributed by atoms with Crippen LogP contribution in [0.25, 0.3) is 12.2 Å². The number of rotatable bonds is 8. The molecule has 2 N–H and O–H groups in total. The Bertz CT molecular complexity index is 937. The van der Waals surface area contributed by atoms with E-state index in [1.54, 1.807) is 48.6 Å². The molecule has 0 saturated carbocycles. The first kappa shape index (κ1) is 23.8. The molecule has 0 amide bonds. The number of esters is 3. The molecule has 31 heavy (non-hydrogen) atoms. The van der Waals surface area contributed by atoms with Crippen molar-refractivity contribution in [1.82, 2.24) is 0 Å². The van der Waals surface area contributed by atoms with Gasteiger partial charge in [-0.25, -0.2) is 0 Å². The van der Waals surface area contributed by atoms with Gasteiger partial charge < -0.3 is 24.4 Å². The Hall–Kier alpha value is -3.49. The molecule has 0 aliphatic rings. The van der Waals surface area contributed by atoms with Crippen LogP contribution in [0.2, 0.25) is 0 Å². The minimum Gasteiger partial charge on any atom is -0.427 e. The Morgan fingerprint density at radius 3 is 1.71 bits per heavy atom. The van der Waals surface area contributed by atoms with Gasteiger partial charge in [0.2, 0.25) is 0 Å². The van der Waals surface area contributed by atoms with Crippen molar-refractivity contribution in [2.75, 3.05) is 13.2 Å². The van der Waals surface area contributed by atoms with Gasteiger partial charge >= 0.3 is 17.9 Å². The molecule has 0 bridgehead atoms. The van der Waals surface area contributed by atoms with E-state index in [1.807, 2.05) is 0 Å². The van der Waals surface area contributed by atoms with E-state index < -0.39 is 36.5 Å². The van der Waals surface area contributed by atoms with E-state index in [9.17, 15) is 24.6 Å². The van der Waals surface area contributed by atoms with Crippen LogP contribution < -0.4 is 14.2 Å². The van der Waals surface area contributed by atoms with Crippen molar-refractivity contribution in [3.8, 4) is 17.2 Å². The molecule has 0 atom stereocenters. The van der Waals surface area contributed by atoms with Gasteiger partial charge in [0.05, 0.1) is 13.2 Å². The predicted molar refractivity (Wildman–Crippen MR) is 112 cm³/mol. The van der Waals surface area contributed by atoms with Gasteiger partial charge in [-0.1, -0.05) is 24.3 Å². The number of hydrogen-bond acceptors (Lipinski definition) is 8. The highest BCUT2D eigenvalue weighted by Crippen LogP contribution is 2.25. The second-order valence-electron chi connectivity index (χ2n) is 7.09. The van der Waals surface area contributed by atoms with Crippen LogP contribution in [0.3, 0.4) is 0 Å². The van der Waals surface area contributed by atoms with Crippen LogP contribution in [-0.2, 0) is 14.4 Å². The average Bonchev–Trinajstić information content (AvgIpc) is 2.71. The van der Waals surface area contributed by atoms with Crippen molar-refractivity contribution in [1.29, 1.82) is 0 Å². The van der Waals surface area contributed by atoms with Crippen LogP contribution in [0.1, 0.15) is 31.9 Å². The molecule has 0 aliphatic heterocycles. The Morgan fingerprint density at radius 2 is 1.26 bits per heavy atom. The van der Waals surface area contributed by atoms with Crippen LogP contribution in [0.5, 0.6) is 17.2 Å². The lowest BCUT2D eigenvalue weighted by atomic mass is 9.93. The Balaban J connectivity index is 2.17. The van der Waals surface area contributed by atoms with Crippen LogP contribution in [0, 0.1) is 5.41 Å². The third kappa shape index (κ3) is 7.06. The second-order valence-corrected chi connectivity index (χ2v) is 7.09. The summed E-state index contributed by atoms with van der Waals surface area (Å²) < 4.78 is 15.4. The maximum Gasteiger partial charge on any atom is 0.321 e. The molecule has 164 valence electrons. The summed E-state index contributed by atoms with van der Waals surface area (Å²) in [6.07, 6.45) is 3.50. The summed E-state index contributed by atoms with van der Waals surface area (Å²) in [6, 6.07) is 11.2. The van der Waals surface area contributed by atoms with Crippen LogP contribution >= 0.6 is 0 Å². The summed E-state index contributed by atoms with van der Waals surface area (Å²) in [6.45, 7) is 2.87. The fraction of sp³-hybridized carbons (Fsp3) is 0.261. The third-order valence-corrected chi connectivity index (χ3v) is 4.18. The maximum atomic E-state index is 12.1. The molecule has 8 heteroatoms. The number of carbonyl (C=O) groups is 3. The van der Waals surface area contributed by atoms with Crippen molar-refractivity contribution in [3.05, 3.63) is 53.6 Å². The Labute approximate surface area is 179 Å². The zero-order valence-corrected chi connectivity index (χ0v) is 17.5. The normalized spacial score (nSPS) is 11.3. The minimum atomic E-state index is -1.38. The second kappa shape index (κ2) is 10.5. The predicted octanol–water partition coefficient (Wildman–Crippen LogP) is 2.60. The first-order chi connectivity index (χ1) is 14.6. The molecule has 0 aromatic heterocycles. The van der Waals surface area contributed by atoms with Gasteiger partial charge in [-0.05, 0) is 42.3 Å². The highest BCUT2D eigenvalue weighted by Gasteiger charge is 2.34. The van der Waals surface area contributed by atoms with Crippen molar-refractivity contribution < 1.29 is 38.8 Å². The van der Waals surface area contributed by atoms with E-state index in [2.05, 4.69) is 0 Å². The summed E-state index contributed by atoms with van der Waals surface area (Å²) >= 11 is 0. The molecule has 0 aliphatic carbocycles. The smallest absolute Gasteiger partial charge is 0.321 e. The zero-order valence-electron chi connectivity index (χ0n) is 17.5. The van der Waals surface area contributed by atoms with Crippen molar-refractivity contribution in [2.45, 2.75) is 20.8 Å². The molecule has 0 unspecified atom stereocenters. The quantitative estimate of drug-likeness (QED) is 0.374. The lowest BCUT2D eigenvalue weighted by Crippen LogP contribution is -2.38. The number of carbonyl (C=O) groups excluding carboxylic acids is 3. The van der Waals surface area contributed by atoms with Crippen LogP contribution in [-0.4, -0.2) is 41.3 Å². The highest BCUT2D eigenvalue weighted by atomic mass is 16.5. The molecule has 8 nitrogen and oxygen atoms in total. The van der Waals surface area contributed by atoms with Gasteiger partial charge in [-0.2, -0.15) is 0 Å². The molecule has 2 rings (SSSR count). The lowest BCUT2D eigenvalue weighted by molar-refractivity contribution is -0.150. The van der Waals surface area contributed by atoms with Crippen molar-refractivity contribution in [2.24, 2.45) is 5.41 Å². The number of benzene rings is 2. The number of aliphatic hydroxyl groups excluding tert-OH is 2. The topological polar surface area (TPSA) is 119 Å². The van der Waals surface area contributed by atoms with Crippen molar-refractivity contribution >= 4 is 30.1 Å². The van der Waals surface area contributed by atoms with E-state index in [4.69, 9.17) is 14.2 Å². The molecule has 2 aromatic rings. The maximum absolute atomic E-state index is 12.1. The SMILES string of the molecule is CC(=O)Oc1cc(C=Cc2ccc(OC(=O)C(C)(CO)CO)cc2)cc(OC(C)=O)c1. The van der Waals surface area contributed by atoms with Gasteiger partial charge in [0.15, 0.2) is 0 Å². The van der Waals surface area contributed by atoms with Crippen LogP contribution in [0.4, 0.5) is 0 Å². The molecule has 0 radical (unpaired) electrons. The molecular weight excluding hydrogens is 404 g/mol. The van der Waals surface area contributed by atoms with Gasteiger partial charge in [0.25, 0.3) is 0 Å². The summed E-state index contributed by atoms with van der Waals surface area (Å²) in [5, 5.41) is 18.5. The van der Waals surface area contributed by atoms with Crippen molar-refractivity contribution in [3.63, 3.8) is 0 Å². The highest BCUT2D eigenvalue weighted by molar-refractivity contribution is 5.79. The molecule has 0 spiro atoms. The first-order valence-corrected chi connectivity index (χ1v) is 9.39. The molecule has 2 aromatic carbocycles. The van der Waals surface area contributed by atoms with Crippen LogP contribution in [0.15, 0.2) is 42.5 Å². The number of ether oxygens (including phenoxy) is 3. The van der Waals surface area contributed by atoms with E-state index in [0.29, 0.717) is 5.56 Å². The molecule has 0 heterocycles. The monoisotopic (exact) mass is 428 g/mol. The summed E-state index contributed by atoms with van der Waals surface area (Å²) in [4.78, 5) is 34.5. The van der Waals surface area contributed by atoms with E-state index >= 15 is 0 Å². The van der Waals surface area contributed by atoms with E-state index in [-0.39, 0.29) is 17.2 Å². The fourth-order valence-electron chi connectivity index (χ4n) is 2.39. The lowest BCUT2D eigenvalue weighted by Gasteiger charge is -2.21. The summed E-state index contributed by atoms with van der Waals surface area (Å²) in [5.41, 5.74) is 0.0246. The zero-order chi connectivity index (χ0) is 23.0. The molecule has 0 fully saturated rings. The van der Waals surface area contributed by atoms with Gasteiger partial charge in [0, 0.05) is 19.9 Å². The standard InChI is InChI=1S/C23H24O8/c1-15(26)29-20-10-18(11-21(12-20)30-16(2)27)5-4-17-6-8-19(9-7-17)31-22(28)23(3,13-24)14-25/h4-12,24-25H,13-14H2,1-3H3. The summed E-state index contributed by atoms with van der Waals surface area (Å²) in [7, 11) is 0. The fourth-order valence-corrected chi connectivity index (χ4v) is 2.39. The number of hydrogen-bond donors (Lipinski definition) is 2. The van der Waals surface area contributed by atoms with E-state index in [1.165, 1.54) is 26.8 Å². The van der Waals surface area contributed by atoms with E-state index in [0.717, 1.165) is 5.56 Å². The minimum absolute atomic E-state index is 0.240. The molecular formula is C23H24O8. The third-order valence-electron chi connectivity index (χ3n) is 4.18. The summed E-state index contributed by atoms with van der Waals surface area (Å²) in [5.74, 6) is -0.990. The van der Waals surface area contributed by atoms with Gasteiger partial charge in [0.1, 0.15) is 22.7 Å². The largest absolute Gasteiger partial charge is 0.427 e. The average molecular weight is 428 g/mol. The van der Waals surface area contributed by atoms with Gasteiger partial charge in [-0.3, -0.25) is 14.4 Å². The van der Waals surface area contributed by atoms with Gasteiger partial charge in [-0.15, -0.1) is 0 Å². The number of aliphatic hydroxyl groups is 2. The Kier molecular flexibility index (Phi) is 8.07. The molecule has 0 saturated heterocycles. The Morgan fingerprint density at radius 1 is 0.774 bits per heavy atom. The first-order valence-electron chi connectivity index (χ1n) is 9.39.